The molecule has 0 saturated carbocycles. The summed E-state index contributed by atoms with van der Waals surface area (Å²) in [6.45, 7) is 0. The maximum absolute atomic E-state index is 12.8. The Morgan fingerprint density at radius 2 is 1.52 bits per heavy atom. The van der Waals surface area contributed by atoms with E-state index < -0.39 is 23.1 Å². The summed E-state index contributed by atoms with van der Waals surface area (Å²) in [6, 6.07) is 4.30. The van der Waals surface area contributed by atoms with E-state index in [1.165, 1.54) is 32.4 Å². The summed E-state index contributed by atoms with van der Waals surface area (Å²) in [6.07, 6.45) is -4.93. The lowest BCUT2D eigenvalue weighted by Crippen LogP contribution is -2.45. The maximum atomic E-state index is 12.8. The summed E-state index contributed by atoms with van der Waals surface area (Å²) in [7, 11) is 2.69. The summed E-state index contributed by atoms with van der Waals surface area (Å²) in [5.41, 5.74) is -4.11. The molecule has 0 radical (unpaired) electrons. The second kappa shape index (κ2) is 5.71. The van der Waals surface area contributed by atoms with Crippen LogP contribution in [0.25, 0.3) is 5.69 Å². The van der Waals surface area contributed by atoms with Gasteiger partial charge in [-0.3, -0.25) is 4.79 Å². The second-order valence-electron chi connectivity index (χ2n) is 4.42. The lowest BCUT2D eigenvalue weighted by atomic mass is 10.2. The van der Waals surface area contributed by atoms with Crippen molar-refractivity contribution in [3.8, 4) is 17.2 Å². The molecule has 0 spiro atoms. The minimum Gasteiger partial charge on any atom is -0.497 e. The second-order valence-corrected chi connectivity index (χ2v) is 4.42. The fraction of sp³-hybridized carbons (Fsp3) is 0.231. The number of methoxy groups -OCH3 is 2. The van der Waals surface area contributed by atoms with Crippen molar-refractivity contribution in [2.75, 3.05) is 20.1 Å². The fourth-order valence-corrected chi connectivity index (χ4v) is 1.93. The normalized spacial score (nSPS) is 11.3. The zero-order valence-corrected chi connectivity index (χ0v) is 12.0. The Hall–Kier alpha value is -2.91. The van der Waals surface area contributed by atoms with Gasteiger partial charge < -0.3 is 15.3 Å². The largest absolute Gasteiger partial charge is 0.497 e. The molecule has 2 N–H and O–H groups in total. The minimum atomic E-state index is -4.93. The van der Waals surface area contributed by atoms with Gasteiger partial charge in [-0.1, -0.05) is 0 Å². The molecule has 0 fully saturated rings. The Bertz CT molecular complexity index is 833. The van der Waals surface area contributed by atoms with Crippen LogP contribution in [0.2, 0.25) is 0 Å². The van der Waals surface area contributed by atoms with Crippen LogP contribution in [0.4, 0.5) is 13.2 Å². The highest BCUT2D eigenvalue weighted by Crippen LogP contribution is 2.27. The highest BCUT2D eigenvalue weighted by Gasteiger charge is 2.35. The van der Waals surface area contributed by atoms with Crippen LogP contribution in [-0.2, 0) is 6.18 Å². The van der Waals surface area contributed by atoms with Crippen LogP contribution in [-0.4, -0.2) is 23.5 Å². The third kappa shape index (κ3) is 3.00. The summed E-state index contributed by atoms with van der Waals surface area (Å²) in [5.74, 6) is 5.67. The van der Waals surface area contributed by atoms with Gasteiger partial charge in [-0.15, -0.1) is 0 Å². The predicted octanol–water partition coefficient (Wildman–Crippen LogP) is 0.749. The molecule has 0 aliphatic rings. The number of nitrogens with two attached hydrogens (primary N) is 1. The van der Waals surface area contributed by atoms with Crippen molar-refractivity contribution in [2.24, 2.45) is 0 Å². The molecule has 0 saturated heterocycles. The molecule has 1 aromatic carbocycles. The Kier molecular flexibility index (Phi) is 4.08. The van der Waals surface area contributed by atoms with E-state index in [0.717, 1.165) is 0 Å². The molecule has 7 nitrogen and oxygen atoms in total. The van der Waals surface area contributed by atoms with E-state index in [9.17, 15) is 22.8 Å². The average Bonchev–Trinajstić information content (AvgIpc) is 2.49. The first kappa shape index (κ1) is 16.5. The molecule has 124 valence electrons. The molecule has 0 unspecified atom stereocenters. The molecule has 0 aliphatic heterocycles. The molecule has 23 heavy (non-hydrogen) atoms. The van der Waals surface area contributed by atoms with Crippen LogP contribution >= 0.6 is 0 Å². The number of ether oxygens (including phenoxy) is 2. The van der Waals surface area contributed by atoms with Crippen LogP contribution in [0.1, 0.15) is 5.69 Å². The first-order valence-electron chi connectivity index (χ1n) is 6.14. The van der Waals surface area contributed by atoms with E-state index in [1.54, 1.807) is 0 Å². The highest BCUT2D eigenvalue weighted by atomic mass is 19.4. The molecule has 0 amide bonds. The number of nitrogens with zero attached hydrogens (tertiary/aromatic N) is 2. The van der Waals surface area contributed by atoms with Gasteiger partial charge in [0.1, 0.15) is 11.5 Å². The van der Waals surface area contributed by atoms with Crippen LogP contribution < -0.4 is 26.6 Å². The predicted molar refractivity (Wildman–Crippen MR) is 74.6 cm³/mol. The van der Waals surface area contributed by atoms with Crippen molar-refractivity contribution in [1.29, 1.82) is 0 Å². The van der Waals surface area contributed by atoms with Crippen molar-refractivity contribution < 1.29 is 22.6 Å². The van der Waals surface area contributed by atoms with E-state index in [-0.39, 0.29) is 27.9 Å². The van der Waals surface area contributed by atoms with E-state index in [2.05, 4.69) is 0 Å². The number of halogens is 3. The van der Waals surface area contributed by atoms with E-state index in [0.29, 0.717) is 4.57 Å². The molecule has 0 atom stereocenters. The zero-order valence-electron chi connectivity index (χ0n) is 12.0. The quantitative estimate of drug-likeness (QED) is 0.839. The average molecular weight is 331 g/mol. The molecule has 1 aromatic heterocycles. The van der Waals surface area contributed by atoms with E-state index >= 15 is 0 Å². The van der Waals surface area contributed by atoms with Crippen molar-refractivity contribution >= 4 is 0 Å². The van der Waals surface area contributed by atoms with Gasteiger partial charge in [0.05, 0.1) is 19.9 Å². The smallest absolute Gasteiger partial charge is 0.433 e. The Morgan fingerprint density at radius 3 is 1.96 bits per heavy atom. The van der Waals surface area contributed by atoms with Crippen LogP contribution in [0, 0.1) is 0 Å². The minimum absolute atomic E-state index is 0.0378. The molecule has 0 aliphatic carbocycles. The zero-order chi connectivity index (χ0) is 17.4. The molecule has 2 aromatic rings. The number of aromatic nitrogens is 2. The summed E-state index contributed by atoms with van der Waals surface area (Å²) < 4.78 is 48.6. The molecular formula is C13H12F3N3O4. The standard InChI is InChI=1S/C13H12F3N3O4/c1-22-8-3-7(4-9(5-8)23-2)18-11(20)6-10(13(14,15)16)19(17)12(18)21/h3-6H,17H2,1-2H3. The SMILES string of the molecule is COc1cc(OC)cc(-n2c(=O)cc(C(F)(F)F)n(N)c2=O)c1. The summed E-state index contributed by atoms with van der Waals surface area (Å²) >= 11 is 0. The Balaban J connectivity index is 2.78. The Labute approximate surface area is 127 Å². The van der Waals surface area contributed by atoms with Gasteiger partial charge in [0.25, 0.3) is 5.56 Å². The van der Waals surface area contributed by atoms with Gasteiger partial charge >= 0.3 is 11.9 Å². The maximum Gasteiger partial charge on any atom is 0.433 e. The van der Waals surface area contributed by atoms with Gasteiger partial charge in [-0.2, -0.15) is 13.2 Å². The monoisotopic (exact) mass is 331 g/mol. The molecule has 1 heterocycles. The number of benzene rings is 1. The Morgan fingerprint density at radius 1 is 1.00 bits per heavy atom. The molecule has 10 heteroatoms. The van der Waals surface area contributed by atoms with Crippen LogP contribution in [0.3, 0.4) is 0 Å². The highest BCUT2D eigenvalue weighted by molar-refractivity contribution is 5.46. The van der Waals surface area contributed by atoms with Crippen LogP contribution in [0.15, 0.2) is 33.9 Å². The number of hydrogen-bond donors (Lipinski definition) is 1. The first-order chi connectivity index (χ1) is 10.7. The molecule has 2 rings (SSSR count). The van der Waals surface area contributed by atoms with Crippen molar-refractivity contribution in [1.82, 2.24) is 9.24 Å². The third-order valence-corrected chi connectivity index (χ3v) is 3.02. The van der Waals surface area contributed by atoms with Gasteiger partial charge in [0.2, 0.25) is 0 Å². The van der Waals surface area contributed by atoms with Gasteiger partial charge in [0, 0.05) is 24.3 Å². The number of hydrogen-bond acceptors (Lipinski definition) is 5. The van der Waals surface area contributed by atoms with Crippen molar-refractivity contribution in [3.63, 3.8) is 0 Å². The van der Waals surface area contributed by atoms with Gasteiger partial charge in [-0.05, 0) is 0 Å². The van der Waals surface area contributed by atoms with Crippen molar-refractivity contribution in [2.45, 2.75) is 6.18 Å². The van der Waals surface area contributed by atoms with Crippen LogP contribution in [0.5, 0.6) is 11.5 Å². The van der Waals surface area contributed by atoms with Gasteiger partial charge in [0.15, 0.2) is 5.69 Å². The summed E-state index contributed by atoms with van der Waals surface area (Å²) in [5, 5.41) is 0. The first-order valence-corrected chi connectivity index (χ1v) is 6.14. The summed E-state index contributed by atoms with van der Waals surface area (Å²) in [4.78, 5) is 24.0. The number of alkyl halides is 3. The van der Waals surface area contributed by atoms with E-state index in [1.807, 2.05) is 0 Å². The lowest BCUT2D eigenvalue weighted by Gasteiger charge is -2.14. The fourth-order valence-electron chi connectivity index (χ4n) is 1.93. The molecule has 0 bridgehead atoms. The topological polar surface area (TPSA) is 88.5 Å². The van der Waals surface area contributed by atoms with Crippen molar-refractivity contribution in [3.05, 3.63) is 50.8 Å². The number of nitrogen functional groups attached to an aromatic ring is 1. The van der Waals surface area contributed by atoms with Gasteiger partial charge in [-0.25, -0.2) is 14.0 Å². The number of rotatable bonds is 3. The van der Waals surface area contributed by atoms with E-state index in [4.69, 9.17) is 15.3 Å². The lowest BCUT2D eigenvalue weighted by molar-refractivity contribution is -0.143. The molecular weight excluding hydrogens is 319 g/mol. The third-order valence-electron chi connectivity index (χ3n) is 3.02.